The van der Waals surface area contributed by atoms with Crippen LogP contribution in [0.3, 0.4) is 0 Å². The van der Waals surface area contributed by atoms with Crippen LogP contribution in [0.5, 0.6) is 0 Å². The molecule has 0 spiro atoms. The quantitative estimate of drug-likeness (QED) is 0.345. The molecule has 2 atom stereocenters. The summed E-state index contributed by atoms with van der Waals surface area (Å²) in [6.07, 6.45) is 5.39. The summed E-state index contributed by atoms with van der Waals surface area (Å²) >= 11 is 0. The predicted octanol–water partition coefficient (Wildman–Crippen LogP) is 3.05. The van der Waals surface area contributed by atoms with Crippen molar-refractivity contribution in [1.82, 2.24) is 10.6 Å². The molecule has 2 amide bonds. The van der Waals surface area contributed by atoms with Crippen LogP contribution in [-0.2, 0) is 9.59 Å². The molecule has 0 saturated carbocycles. The number of hydrogen-bond donors (Lipinski definition) is 4. The molecule has 0 aromatic carbocycles. The average molecular weight is 387 g/mol. The van der Waals surface area contributed by atoms with Crippen molar-refractivity contribution >= 4 is 11.8 Å². The molecular weight excluding hydrogens is 344 g/mol. The van der Waals surface area contributed by atoms with Crippen molar-refractivity contribution in [2.45, 2.75) is 123 Å². The first-order valence-electron chi connectivity index (χ1n) is 10.6. The Morgan fingerprint density at radius 2 is 0.963 bits per heavy atom. The molecule has 0 aliphatic carbocycles. The zero-order chi connectivity index (χ0) is 21.1. The number of carbonyl (C=O) groups is 2. The van der Waals surface area contributed by atoms with E-state index in [0.717, 1.165) is 25.7 Å². The maximum atomic E-state index is 12.3. The molecule has 4 N–H and O–H groups in total. The van der Waals surface area contributed by atoms with Crippen LogP contribution in [0.2, 0.25) is 0 Å². The molecule has 0 bridgehead atoms. The van der Waals surface area contributed by atoms with Gasteiger partial charge in [0.05, 0.1) is 23.3 Å². The van der Waals surface area contributed by atoms with E-state index in [-0.39, 0.29) is 6.42 Å². The van der Waals surface area contributed by atoms with E-state index in [2.05, 4.69) is 10.6 Å². The molecule has 0 aliphatic heterocycles. The van der Waals surface area contributed by atoms with Gasteiger partial charge in [-0.3, -0.25) is 9.59 Å². The van der Waals surface area contributed by atoms with Crippen molar-refractivity contribution in [2.24, 2.45) is 0 Å². The lowest BCUT2D eigenvalue weighted by atomic mass is 9.85. The van der Waals surface area contributed by atoms with Crippen LogP contribution in [0.25, 0.3) is 0 Å². The van der Waals surface area contributed by atoms with Crippen LogP contribution in [0.15, 0.2) is 0 Å². The van der Waals surface area contributed by atoms with E-state index in [1.807, 2.05) is 27.7 Å². The third-order valence-electron chi connectivity index (χ3n) is 5.42. The molecule has 6 nitrogen and oxygen atoms in total. The van der Waals surface area contributed by atoms with E-state index in [4.69, 9.17) is 0 Å². The fraction of sp³-hybridized carbons (Fsp3) is 0.905. The van der Waals surface area contributed by atoms with Gasteiger partial charge in [-0.05, 0) is 39.5 Å². The van der Waals surface area contributed by atoms with Crippen molar-refractivity contribution in [3.63, 3.8) is 0 Å². The van der Waals surface area contributed by atoms with Gasteiger partial charge in [-0.25, -0.2) is 0 Å². The summed E-state index contributed by atoms with van der Waals surface area (Å²) in [5.41, 5.74) is -1.91. The summed E-state index contributed by atoms with van der Waals surface area (Å²) in [4.78, 5) is 24.5. The Balaban J connectivity index is 4.74. The SMILES string of the molecule is CCCC(O)(CCC)C(C)NC(=O)CC(=O)NC(C)C(O)(CCC)CCC. The van der Waals surface area contributed by atoms with Crippen LogP contribution in [0, 0.1) is 0 Å². The highest BCUT2D eigenvalue weighted by atomic mass is 16.3. The third-order valence-corrected chi connectivity index (χ3v) is 5.42. The van der Waals surface area contributed by atoms with Crippen LogP contribution in [0.1, 0.15) is 99.3 Å². The third kappa shape index (κ3) is 8.60. The molecule has 0 aromatic heterocycles. The van der Waals surface area contributed by atoms with E-state index in [1.165, 1.54) is 0 Å². The lowest BCUT2D eigenvalue weighted by Crippen LogP contribution is -2.53. The van der Waals surface area contributed by atoms with E-state index in [9.17, 15) is 19.8 Å². The number of aliphatic hydroxyl groups is 2. The van der Waals surface area contributed by atoms with Crippen LogP contribution >= 0.6 is 0 Å². The molecule has 0 aromatic rings. The molecule has 0 saturated heterocycles. The summed E-state index contributed by atoms with van der Waals surface area (Å²) in [6, 6.07) is -0.848. The smallest absolute Gasteiger partial charge is 0.229 e. The Morgan fingerprint density at radius 1 is 0.704 bits per heavy atom. The van der Waals surface area contributed by atoms with E-state index >= 15 is 0 Å². The minimum absolute atomic E-state index is 0.308. The molecular formula is C21H42N2O4. The van der Waals surface area contributed by atoms with Crippen LogP contribution in [-0.4, -0.2) is 45.3 Å². The van der Waals surface area contributed by atoms with Crippen LogP contribution in [0.4, 0.5) is 0 Å². The van der Waals surface area contributed by atoms with Gasteiger partial charge in [-0.2, -0.15) is 0 Å². The molecule has 2 unspecified atom stereocenters. The fourth-order valence-electron chi connectivity index (χ4n) is 3.85. The molecule has 27 heavy (non-hydrogen) atoms. The topological polar surface area (TPSA) is 98.7 Å². The monoisotopic (exact) mass is 386 g/mol. The molecule has 0 aliphatic rings. The first-order valence-corrected chi connectivity index (χ1v) is 10.6. The second-order valence-corrected chi connectivity index (χ2v) is 7.96. The summed E-state index contributed by atoms with van der Waals surface area (Å²) < 4.78 is 0. The standard InChI is InChI=1S/C21H42N2O4/c1-7-11-20(26,12-8-2)16(5)22-18(24)15-19(25)23-17(6)21(27,13-9-3)14-10-4/h16-17,26-27H,7-15H2,1-6H3,(H,22,24)(H,23,25). The van der Waals surface area contributed by atoms with Crippen molar-refractivity contribution < 1.29 is 19.8 Å². The van der Waals surface area contributed by atoms with Crippen molar-refractivity contribution in [2.75, 3.05) is 0 Å². The number of amides is 2. The highest BCUT2D eigenvalue weighted by molar-refractivity contribution is 5.97. The van der Waals surface area contributed by atoms with Crippen molar-refractivity contribution in [3.8, 4) is 0 Å². The number of rotatable bonds is 14. The Kier molecular flexibility index (Phi) is 11.8. The number of carbonyl (C=O) groups excluding carboxylic acids is 2. The molecule has 6 heteroatoms. The Morgan fingerprint density at radius 3 is 1.19 bits per heavy atom. The van der Waals surface area contributed by atoms with Crippen molar-refractivity contribution in [1.29, 1.82) is 0 Å². The van der Waals surface area contributed by atoms with Gasteiger partial charge < -0.3 is 20.8 Å². The number of hydrogen-bond acceptors (Lipinski definition) is 4. The van der Waals surface area contributed by atoms with E-state index in [1.54, 1.807) is 13.8 Å². The minimum atomic E-state index is -0.953. The fourth-order valence-corrected chi connectivity index (χ4v) is 3.85. The molecule has 0 rings (SSSR count). The summed E-state index contributed by atoms with van der Waals surface area (Å²) in [5.74, 6) is -0.820. The zero-order valence-corrected chi connectivity index (χ0v) is 18.2. The zero-order valence-electron chi connectivity index (χ0n) is 18.2. The predicted molar refractivity (Wildman–Crippen MR) is 109 cm³/mol. The van der Waals surface area contributed by atoms with Gasteiger partial charge in [0.1, 0.15) is 6.42 Å². The van der Waals surface area contributed by atoms with Crippen LogP contribution < -0.4 is 10.6 Å². The van der Waals surface area contributed by atoms with Crippen molar-refractivity contribution in [3.05, 3.63) is 0 Å². The van der Waals surface area contributed by atoms with Gasteiger partial charge >= 0.3 is 0 Å². The van der Waals surface area contributed by atoms with Gasteiger partial charge in [0.2, 0.25) is 11.8 Å². The lowest BCUT2D eigenvalue weighted by molar-refractivity contribution is -0.132. The first kappa shape index (κ1) is 25.9. The van der Waals surface area contributed by atoms with E-state index < -0.39 is 35.1 Å². The van der Waals surface area contributed by atoms with Gasteiger partial charge in [0, 0.05) is 0 Å². The maximum absolute atomic E-state index is 12.3. The highest BCUT2D eigenvalue weighted by Crippen LogP contribution is 2.25. The van der Waals surface area contributed by atoms with Gasteiger partial charge in [0.25, 0.3) is 0 Å². The Bertz CT molecular complexity index is 401. The first-order chi connectivity index (χ1) is 12.6. The molecule has 0 fully saturated rings. The molecule has 0 heterocycles. The van der Waals surface area contributed by atoms with Gasteiger partial charge in [-0.1, -0.05) is 53.4 Å². The van der Waals surface area contributed by atoms with Gasteiger partial charge in [-0.15, -0.1) is 0 Å². The normalized spacial score (nSPS) is 14.5. The average Bonchev–Trinajstić information content (AvgIpc) is 2.55. The Labute approximate surface area is 165 Å². The lowest BCUT2D eigenvalue weighted by Gasteiger charge is -2.35. The Hall–Kier alpha value is -1.14. The summed E-state index contributed by atoms with van der Waals surface area (Å²) in [6.45, 7) is 11.6. The molecule has 160 valence electrons. The second-order valence-electron chi connectivity index (χ2n) is 7.96. The van der Waals surface area contributed by atoms with Gasteiger partial charge in [0.15, 0.2) is 0 Å². The minimum Gasteiger partial charge on any atom is -0.388 e. The number of nitrogens with one attached hydrogen (secondary N) is 2. The molecule has 0 radical (unpaired) electrons. The largest absolute Gasteiger partial charge is 0.388 e. The second kappa shape index (κ2) is 12.3. The highest BCUT2D eigenvalue weighted by Gasteiger charge is 2.35. The maximum Gasteiger partial charge on any atom is 0.229 e. The summed E-state index contributed by atoms with van der Waals surface area (Å²) in [7, 11) is 0. The van der Waals surface area contributed by atoms with E-state index in [0.29, 0.717) is 25.7 Å². The summed E-state index contributed by atoms with van der Waals surface area (Å²) in [5, 5.41) is 27.1.